The molecule has 138 valence electrons. The van der Waals surface area contributed by atoms with Crippen LogP contribution in [-0.4, -0.2) is 42.8 Å². The Morgan fingerprint density at radius 2 is 2.00 bits per heavy atom. The van der Waals surface area contributed by atoms with Gasteiger partial charge in [-0.1, -0.05) is 53.7 Å². The maximum absolute atomic E-state index is 12.9. The summed E-state index contributed by atoms with van der Waals surface area (Å²) in [6.45, 7) is 3.28. The van der Waals surface area contributed by atoms with Crippen LogP contribution in [0.1, 0.15) is 18.1 Å². The van der Waals surface area contributed by atoms with E-state index in [4.69, 9.17) is 11.6 Å². The lowest BCUT2D eigenvalue weighted by molar-refractivity contribution is -0.131. The summed E-state index contributed by atoms with van der Waals surface area (Å²) in [5.74, 6) is 0.0927. The van der Waals surface area contributed by atoms with Gasteiger partial charge in [-0.2, -0.15) is 4.68 Å². The summed E-state index contributed by atoms with van der Waals surface area (Å²) in [5, 5.41) is 12.7. The number of hydrogen-bond donors (Lipinski definition) is 0. The first-order valence-corrected chi connectivity index (χ1v) is 9.94. The minimum atomic E-state index is -0.292. The van der Waals surface area contributed by atoms with Crippen molar-refractivity contribution in [1.82, 2.24) is 25.1 Å². The quantitative estimate of drug-likeness (QED) is 0.629. The Balaban J connectivity index is 1.48. The van der Waals surface area contributed by atoms with Crippen molar-refractivity contribution in [2.24, 2.45) is 0 Å². The number of fused-ring (bicyclic) bond motifs is 1. The Kier molecular flexibility index (Phi) is 5.13. The first-order valence-electron chi connectivity index (χ1n) is 8.68. The van der Waals surface area contributed by atoms with E-state index in [0.717, 1.165) is 18.7 Å². The van der Waals surface area contributed by atoms with Gasteiger partial charge < -0.3 is 4.90 Å². The predicted molar refractivity (Wildman–Crippen MR) is 105 cm³/mol. The number of aromatic nitrogens is 4. The molecule has 3 aromatic rings. The number of benzene rings is 2. The van der Waals surface area contributed by atoms with E-state index in [1.54, 1.807) is 16.8 Å². The Labute approximate surface area is 166 Å². The lowest BCUT2D eigenvalue weighted by Crippen LogP contribution is -2.40. The lowest BCUT2D eigenvalue weighted by Gasteiger charge is -2.30. The second kappa shape index (κ2) is 7.70. The molecule has 0 fully saturated rings. The number of carbonyl (C=O) groups is 1. The Hall–Kier alpha value is -2.38. The maximum atomic E-state index is 12.9. The van der Waals surface area contributed by atoms with Crippen molar-refractivity contribution in [1.29, 1.82) is 0 Å². The monoisotopic (exact) mass is 399 g/mol. The molecule has 1 aromatic heterocycles. The van der Waals surface area contributed by atoms with Crippen LogP contribution in [0.15, 0.2) is 53.7 Å². The molecule has 0 saturated heterocycles. The molecule has 8 heteroatoms. The van der Waals surface area contributed by atoms with Crippen LogP contribution in [0.3, 0.4) is 0 Å². The minimum absolute atomic E-state index is 0.0927. The molecule has 4 rings (SSSR count). The average Bonchev–Trinajstić information content (AvgIpc) is 3.15. The van der Waals surface area contributed by atoms with Crippen molar-refractivity contribution >= 4 is 29.3 Å². The standard InChI is InChI=1S/C19H18ClN5OS/c1-13(18(26)24-10-9-14-5-2-3-6-15(14)12-24)27-19-21-22-23-25(19)17-8-4-7-16(20)11-17/h2-8,11,13H,9-10,12H2,1H3/t13-/m1/s1. The van der Waals surface area contributed by atoms with Crippen LogP contribution in [0.25, 0.3) is 5.69 Å². The zero-order valence-corrected chi connectivity index (χ0v) is 16.3. The minimum Gasteiger partial charge on any atom is -0.337 e. The fourth-order valence-electron chi connectivity index (χ4n) is 3.17. The highest BCUT2D eigenvalue weighted by molar-refractivity contribution is 8.00. The van der Waals surface area contributed by atoms with Crippen LogP contribution in [0.4, 0.5) is 0 Å². The fraction of sp³-hybridized carbons (Fsp3) is 0.263. The van der Waals surface area contributed by atoms with Crippen LogP contribution < -0.4 is 0 Å². The first-order chi connectivity index (χ1) is 13.1. The molecule has 0 unspecified atom stereocenters. The molecule has 1 aliphatic heterocycles. The third kappa shape index (κ3) is 3.84. The van der Waals surface area contributed by atoms with Gasteiger partial charge in [0.05, 0.1) is 10.9 Å². The molecule has 2 heterocycles. The molecule has 0 spiro atoms. The van der Waals surface area contributed by atoms with Crippen molar-refractivity contribution in [3.05, 3.63) is 64.7 Å². The number of halogens is 1. The van der Waals surface area contributed by atoms with Crippen molar-refractivity contribution in [2.45, 2.75) is 30.3 Å². The van der Waals surface area contributed by atoms with Gasteiger partial charge in [0.25, 0.3) is 0 Å². The molecular weight excluding hydrogens is 382 g/mol. The van der Waals surface area contributed by atoms with Crippen LogP contribution >= 0.6 is 23.4 Å². The molecule has 0 aliphatic carbocycles. The van der Waals surface area contributed by atoms with E-state index in [1.165, 1.54) is 22.9 Å². The van der Waals surface area contributed by atoms with E-state index in [9.17, 15) is 4.79 Å². The summed E-state index contributed by atoms with van der Waals surface area (Å²) < 4.78 is 1.60. The second-order valence-corrected chi connectivity index (χ2v) is 8.14. The molecule has 6 nitrogen and oxygen atoms in total. The van der Waals surface area contributed by atoms with Gasteiger partial charge >= 0.3 is 0 Å². The second-order valence-electron chi connectivity index (χ2n) is 6.39. The molecule has 0 bridgehead atoms. The van der Waals surface area contributed by atoms with E-state index < -0.39 is 0 Å². The van der Waals surface area contributed by atoms with Gasteiger partial charge in [-0.25, -0.2) is 0 Å². The number of thioether (sulfide) groups is 1. The van der Waals surface area contributed by atoms with Gasteiger partial charge in [0.2, 0.25) is 11.1 Å². The number of nitrogens with zero attached hydrogens (tertiary/aromatic N) is 5. The van der Waals surface area contributed by atoms with Crippen molar-refractivity contribution in [3.8, 4) is 5.69 Å². The summed E-state index contributed by atoms with van der Waals surface area (Å²) in [7, 11) is 0. The van der Waals surface area contributed by atoms with E-state index in [0.29, 0.717) is 16.7 Å². The molecule has 27 heavy (non-hydrogen) atoms. The molecular formula is C19H18ClN5OS. The molecule has 1 atom stereocenters. The van der Waals surface area contributed by atoms with Crippen LogP contribution in [0.2, 0.25) is 5.02 Å². The van der Waals surface area contributed by atoms with Gasteiger partial charge in [0, 0.05) is 18.1 Å². The maximum Gasteiger partial charge on any atom is 0.236 e. The summed E-state index contributed by atoms with van der Waals surface area (Å²) in [6, 6.07) is 15.6. The van der Waals surface area contributed by atoms with E-state index in [-0.39, 0.29) is 11.2 Å². The molecule has 0 N–H and O–H groups in total. The highest BCUT2D eigenvalue weighted by Gasteiger charge is 2.26. The Morgan fingerprint density at radius 1 is 1.19 bits per heavy atom. The fourth-order valence-corrected chi connectivity index (χ4v) is 4.25. The average molecular weight is 400 g/mol. The van der Waals surface area contributed by atoms with Crippen molar-refractivity contribution < 1.29 is 4.79 Å². The van der Waals surface area contributed by atoms with Crippen LogP contribution in [-0.2, 0) is 17.8 Å². The summed E-state index contributed by atoms with van der Waals surface area (Å²) in [4.78, 5) is 14.9. The first kappa shape index (κ1) is 18.0. The van der Waals surface area contributed by atoms with Crippen LogP contribution in [0.5, 0.6) is 0 Å². The Morgan fingerprint density at radius 3 is 2.81 bits per heavy atom. The van der Waals surface area contributed by atoms with Gasteiger partial charge in [-0.15, -0.1) is 5.10 Å². The van der Waals surface area contributed by atoms with Gasteiger partial charge in [0.1, 0.15) is 0 Å². The highest BCUT2D eigenvalue weighted by Crippen LogP contribution is 2.27. The van der Waals surface area contributed by atoms with Crippen molar-refractivity contribution in [3.63, 3.8) is 0 Å². The van der Waals surface area contributed by atoms with Crippen molar-refractivity contribution in [2.75, 3.05) is 6.54 Å². The number of amides is 1. The smallest absolute Gasteiger partial charge is 0.236 e. The molecule has 1 aliphatic rings. The van der Waals surface area contributed by atoms with Gasteiger partial charge in [-0.3, -0.25) is 4.79 Å². The lowest BCUT2D eigenvalue weighted by atomic mass is 10.00. The summed E-state index contributed by atoms with van der Waals surface area (Å²) in [6.07, 6.45) is 0.888. The van der Waals surface area contributed by atoms with E-state index in [2.05, 4.69) is 27.7 Å². The largest absolute Gasteiger partial charge is 0.337 e. The topological polar surface area (TPSA) is 63.9 Å². The van der Waals surface area contributed by atoms with Gasteiger partial charge in [-0.05, 0) is 53.1 Å². The molecule has 1 amide bonds. The zero-order chi connectivity index (χ0) is 18.8. The molecule has 0 saturated carbocycles. The third-order valence-electron chi connectivity index (χ3n) is 4.57. The predicted octanol–water partition coefficient (Wildman–Crippen LogP) is 3.38. The van der Waals surface area contributed by atoms with Gasteiger partial charge in [0.15, 0.2) is 0 Å². The normalized spacial score (nSPS) is 14.7. The zero-order valence-electron chi connectivity index (χ0n) is 14.7. The third-order valence-corrected chi connectivity index (χ3v) is 5.82. The Bertz CT molecular complexity index is 976. The van der Waals surface area contributed by atoms with Crippen LogP contribution in [0, 0.1) is 0 Å². The number of hydrogen-bond acceptors (Lipinski definition) is 5. The summed E-state index contributed by atoms with van der Waals surface area (Å²) in [5.41, 5.74) is 3.31. The van der Waals surface area contributed by atoms with E-state index in [1.807, 2.05) is 36.1 Å². The number of tetrazole rings is 1. The SMILES string of the molecule is C[C@@H](Sc1nnnn1-c1cccc(Cl)c1)C(=O)N1CCc2ccccc2C1. The molecule has 2 aromatic carbocycles. The number of carbonyl (C=O) groups excluding carboxylic acids is 1. The molecule has 0 radical (unpaired) electrons. The summed E-state index contributed by atoms with van der Waals surface area (Å²) >= 11 is 7.42. The number of rotatable bonds is 4. The van der Waals surface area contributed by atoms with E-state index >= 15 is 0 Å². The highest BCUT2D eigenvalue weighted by atomic mass is 35.5.